The number of nitrogens with one attached hydrogen (secondary N) is 3. The summed E-state index contributed by atoms with van der Waals surface area (Å²) in [4.78, 5) is 30.0. The Bertz CT molecular complexity index is 904. The number of piperidine rings is 1. The number of ether oxygens (including phenoxy) is 1. The standard InChI is InChI=1S/C25H32N4O3/c1-32-23-11-9-21(16-27-23)28-25(31)22(10-4-17-2-3-17)29-24(30)20-7-5-18(6-8-20)19-12-14-26-15-13-19/h5-9,11,16-17,19,22,26H,2-4,10,12-15H2,1H3,(H,28,31)(H,29,30). The van der Waals surface area contributed by atoms with Crippen LogP contribution in [0.3, 0.4) is 0 Å². The number of carbonyl (C=O) groups is 2. The second-order valence-corrected chi connectivity index (χ2v) is 8.77. The maximum atomic E-state index is 12.9. The van der Waals surface area contributed by atoms with Crippen LogP contribution in [0.15, 0.2) is 42.6 Å². The highest BCUT2D eigenvalue weighted by Gasteiger charge is 2.27. The number of methoxy groups -OCH3 is 1. The second kappa shape index (κ2) is 10.6. The van der Waals surface area contributed by atoms with Crippen LogP contribution in [0.2, 0.25) is 0 Å². The van der Waals surface area contributed by atoms with Gasteiger partial charge in [0.25, 0.3) is 5.91 Å². The topological polar surface area (TPSA) is 92.4 Å². The maximum absolute atomic E-state index is 12.9. The molecule has 1 saturated heterocycles. The third kappa shape index (κ3) is 6.07. The van der Waals surface area contributed by atoms with E-state index in [-0.39, 0.29) is 11.8 Å². The predicted molar refractivity (Wildman–Crippen MR) is 124 cm³/mol. The van der Waals surface area contributed by atoms with E-state index in [1.165, 1.54) is 18.4 Å². The first kappa shape index (κ1) is 22.3. The highest BCUT2D eigenvalue weighted by Crippen LogP contribution is 2.34. The van der Waals surface area contributed by atoms with Crippen molar-refractivity contribution in [2.75, 3.05) is 25.5 Å². The van der Waals surface area contributed by atoms with Crippen LogP contribution < -0.4 is 20.7 Å². The predicted octanol–water partition coefficient (Wildman–Crippen LogP) is 3.48. The van der Waals surface area contributed by atoms with Gasteiger partial charge in [-0.2, -0.15) is 0 Å². The third-order valence-electron chi connectivity index (χ3n) is 6.38. The summed E-state index contributed by atoms with van der Waals surface area (Å²) in [6.07, 6.45) is 7.78. The number of hydrogen-bond acceptors (Lipinski definition) is 5. The van der Waals surface area contributed by atoms with E-state index in [2.05, 4.69) is 20.9 Å². The minimum atomic E-state index is -0.589. The molecule has 1 atom stereocenters. The molecule has 32 heavy (non-hydrogen) atoms. The first-order valence-corrected chi connectivity index (χ1v) is 11.5. The zero-order valence-electron chi connectivity index (χ0n) is 18.6. The molecule has 7 nitrogen and oxygen atoms in total. The number of nitrogens with zero attached hydrogens (tertiary/aromatic N) is 1. The SMILES string of the molecule is COc1ccc(NC(=O)C(CCC2CC2)NC(=O)c2ccc(C3CCNCC3)cc2)cn1. The number of benzene rings is 1. The van der Waals surface area contributed by atoms with Gasteiger partial charge in [0.15, 0.2) is 0 Å². The molecule has 0 spiro atoms. The van der Waals surface area contributed by atoms with Crippen LogP contribution in [0.4, 0.5) is 5.69 Å². The molecule has 1 saturated carbocycles. The minimum absolute atomic E-state index is 0.217. The van der Waals surface area contributed by atoms with Gasteiger partial charge in [-0.1, -0.05) is 25.0 Å². The average Bonchev–Trinajstić information content (AvgIpc) is 3.67. The fourth-order valence-electron chi connectivity index (χ4n) is 4.19. The van der Waals surface area contributed by atoms with Crippen molar-refractivity contribution in [2.24, 2.45) is 5.92 Å². The first-order chi connectivity index (χ1) is 15.6. The van der Waals surface area contributed by atoms with Crippen molar-refractivity contribution in [3.63, 3.8) is 0 Å². The van der Waals surface area contributed by atoms with Gasteiger partial charge < -0.3 is 20.7 Å². The van der Waals surface area contributed by atoms with Crippen molar-refractivity contribution in [2.45, 2.75) is 50.5 Å². The lowest BCUT2D eigenvalue weighted by atomic mass is 9.90. The van der Waals surface area contributed by atoms with Crippen LogP contribution in [0.1, 0.15) is 60.4 Å². The van der Waals surface area contributed by atoms with E-state index >= 15 is 0 Å². The largest absolute Gasteiger partial charge is 0.481 e. The normalized spacial score (nSPS) is 17.4. The molecule has 2 amide bonds. The summed E-state index contributed by atoms with van der Waals surface area (Å²) >= 11 is 0. The van der Waals surface area contributed by atoms with Gasteiger partial charge in [0.05, 0.1) is 19.0 Å². The lowest BCUT2D eigenvalue weighted by Gasteiger charge is -2.23. The van der Waals surface area contributed by atoms with E-state index in [9.17, 15) is 9.59 Å². The van der Waals surface area contributed by atoms with Gasteiger partial charge in [0, 0.05) is 11.6 Å². The maximum Gasteiger partial charge on any atom is 0.251 e. The van der Waals surface area contributed by atoms with Crippen LogP contribution in [0, 0.1) is 5.92 Å². The molecule has 0 radical (unpaired) electrons. The van der Waals surface area contributed by atoms with E-state index in [0.717, 1.165) is 32.4 Å². The van der Waals surface area contributed by atoms with Gasteiger partial charge in [-0.05, 0) is 74.4 Å². The van der Waals surface area contributed by atoms with Gasteiger partial charge >= 0.3 is 0 Å². The van der Waals surface area contributed by atoms with Crippen molar-refractivity contribution < 1.29 is 14.3 Å². The Kier molecular flexibility index (Phi) is 7.37. The van der Waals surface area contributed by atoms with E-state index < -0.39 is 6.04 Å². The van der Waals surface area contributed by atoms with Crippen LogP contribution in [0.5, 0.6) is 5.88 Å². The summed E-state index contributed by atoms with van der Waals surface area (Å²) in [5.41, 5.74) is 2.43. The molecule has 1 aliphatic carbocycles. The molecule has 2 heterocycles. The summed E-state index contributed by atoms with van der Waals surface area (Å²) in [6, 6.07) is 10.7. The smallest absolute Gasteiger partial charge is 0.251 e. The average molecular weight is 437 g/mol. The lowest BCUT2D eigenvalue weighted by Crippen LogP contribution is -2.43. The summed E-state index contributed by atoms with van der Waals surface area (Å²) < 4.78 is 5.06. The van der Waals surface area contributed by atoms with Crippen molar-refractivity contribution in [3.8, 4) is 5.88 Å². The summed E-state index contributed by atoms with van der Waals surface area (Å²) in [6.45, 7) is 2.07. The molecule has 4 rings (SSSR count). The van der Waals surface area contributed by atoms with E-state index in [1.54, 1.807) is 25.4 Å². The molecule has 2 aliphatic rings. The number of pyridine rings is 1. The summed E-state index contributed by atoms with van der Waals surface area (Å²) in [5, 5.41) is 9.20. The van der Waals surface area contributed by atoms with E-state index in [0.29, 0.717) is 35.4 Å². The van der Waals surface area contributed by atoms with Gasteiger partial charge in [0.1, 0.15) is 6.04 Å². The molecule has 2 fully saturated rings. The van der Waals surface area contributed by atoms with Gasteiger partial charge in [-0.3, -0.25) is 9.59 Å². The van der Waals surface area contributed by atoms with Crippen LogP contribution in [0.25, 0.3) is 0 Å². The van der Waals surface area contributed by atoms with Crippen molar-refractivity contribution in [1.29, 1.82) is 0 Å². The first-order valence-electron chi connectivity index (χ1n) is 11.5. The Morgan fingerprint density at radius 2 is 1.84 bits per heavy atom. The highest BCUT2D eigenvalue weighted by atomic mass is 16.5. The van der Waals surface area contributed by atoms with Crippen LogP contribution in [-0.2, 0) is 4.79 Å². The van der Waals surface area contributed by atoms with Gasteiger partial charge in [-0.15, -0.1) is 0 Å². The molecule has 1 aromatic carbocycles. The van der Waals surface area contributed by atoms with Crippen molar-refractivity contribution in [3.05, 3.63) is 53.7 Å². The third-order valence-corrected chi connectivity index (χ3v) is 6.38. The number of rotatable bonds is 9. The molecule has 1 aliphatic heterocycles. The molecule has 1 unspecified atom stereocenters. The summed E-state index contributed by atoms with van der Waals surface area (Å²) in [5.74, 6) is 1.26. The Balaban J connectivity index is 1.39. The zero-order valence-corrected chi connectivity index (χ0v) is 18.6. The number of anilines is 1. The van der Waals surface area contributed by atoms with E-state index in [1.807, 2.05) is 24.3 Å². The Labute approximate surface area is 189 Å². The van der Waals surface area contributed by atoms with Gasteiger partial charge in [-0.25, -0.2) is 4.98 Å². The zero-order chi connectivity index (χ0) is 22.3. The number of aromatic nitrogens is 1. The van der Waals surface area contributed by atoms with Crippen LogP contribution in [-0.4, -0.2) is 43.0 Å². The second-order valence-electron chi connectivity index (χ2n) is 8.77. The quantitative estimate of drug-likeness (QED) is 0.560. The molecule has 0 bridgehead atoms. The minimum Gasteiger partial charge on any atom is -0.481 e. The van der Waals surface area contributed by atoms with Crippen molar-refractivity contribution in [1.82, 2.24) is 15.6 Å². The molecule has 3 N–H and O–H groups in total. The number of amides is 2. The molecule has 7 heteroatoms. The van der Waals surface area contributed by atoms with E-state index in [4.69, 9.17) is 4.74 Å². The monoisotopic (exact) mass is 436 g/mol. The lowest BCUT2D eigenvalue weighted by molar-refractivity contribution is -0.118. The van der Waals surface area contributed by atoms with Crippen molar-refractivity contribution >= 4 is 17.5 Å². The highest BCUT2D eigenvalue weighted by molar-refractivity contribution is 6.01. The Morgan fingerprint density at radius 1 is 1.09 bits per heavy atom. The number of hydrogen-bond donors (Lipinski definition) is 3. The molecule has 2 aromatic rings. The molecule has 1 aromatic heterocycles. The molecular formula is C25H32N4O3. The molecular weight excluding hydrogens is 404 g/mol. The number of carbonyl (C=O) groups excluding carboxylic acids is 2. The van der Waals surface area contributed by atoms with Gasteiger partial charge in [0.2, 0.25) is 11.8 Å². The Hall–Kier alpha value is -2.93. The molecule has 170 valence electrons. The van der Waals surface area contributed by atoms with Crippen LogP contribution >= 0.6 is 0 Å². The fraction of sp³-hybridized carbons (Fsp3) is 0.480. The Morgan fingerprint density at radius 3 is 2.47 bits per heavy atom. The fourth-order valence-corrected chi connectivity index (χ4v) is 4.19. The summed E-state index contributed by atoms with van der Waals surface area (Å²) in [7, 11) is 1.54.